The number of allylic oxidation sites excluding steroid dienone is 1. The van der Waals surface area contributed by atoms with Crippen LogP contribution in [0.4, 0.5) is 0 Å². The van der Waals surface area contributed by atoms with Gasteiger partial charge in [0, 0.05) is 12.0 Å². The van der Waals surface area contributed by atoms with Crippen molar-refractivity contribution in [2.75, 3.05) is 26.9 Å². The third-order valence-corrected chi connectivity index (χ3v) is 5.16. The molecule has 2 aromatic carbocycles. The van der Waals surface area contributed by atoms with Gasteiger partial charge in [-0.25, -0.2) is 0 Å². The number of aryl methyl sites for hydroxylation is 2. The fourth-order valence-corrected chi connectivity index (χ4v) is 3.41. The zero-order valence-corrected chi connectivity index (χ0v) is 19.9. The molecular weight excluding hydrogens is 390 g/mol. The molecule has 5 nitrogen and oxygen atoms in total. The Morgan fingerprint density at radius 3 is 2.26 bits per heavy atom. The zero-order chi connectivity index (χ0) is 22.8. The van der Waals surface area contributed by atoms with Crippen LogP contribution >= 0.6 is 0 Å². The van der Waals surface area contributed by atoms with Gasteiger partial charge in [0.1, 0.15) is 31.0 Å². The van der Waals surface area contributed by atoms with Crippen LogP contribution in [0.2, 0.25) is 0 Å². The third-order valence-electron chi connectivity index (χ3n) is 5.16. The van der Waals surface area contributed by atoms with Gasteiger partial charge in [-0.05, 0) is 88.1 Å². The molecule has 0 atom stereocenters. The number of oxime groups is 1. The van der Waals surface area contributed by atoms with E-state index >= 15 is 0 Å². The number of benzene rings is 2. The van der Waals surface area contributed by atoms with Crippen LogP contribution < -0.4 is 14.2 Å². The van der Waals surface area contributed by atoms with Gasteiger partial charge in [-0.1, -0.05) is 17.3 Å². The van der Waals surface area contributed by atoms with Crippen LogP contribution in [0.25, 0.3) is 0 Å². The molecule has 0 bridgehead atoms. The second-order valence-electron chi connectivity index (χ2n) is 7.54. The third kappa shape index (κ3) is 6.78. The van der Waals surface area contributed by atoms with E-state index in [9.17, 15) is 0 Å². The van der Waals surface area contributed by atoms with Crippen molar-refractivity contribution in [3.8, 4) is 17.2 Å². The summed E-state index contributed by atoms with van der Waals surface area (Å²) in [6, 6.07) is 8.06. The van der Waals surface area contributed by atoms with Gasteiger partial charge in [0.2, 0.25) is 0 Å². The van der Waals surface area contributed by atoms with Crippen LogP contribution in [0, 0.1) is 27.7 Å². The fourth-order valence-electron chi connectivity index (χ4n) is 3.41. The molecule has 0 saturated carbocycles. The summed E-state index contributed by atoms with van der Waals surface area (Å²) < 4.78 is 17.8. The fraction of sp³-hybridized carbons (Fsp3) is 0.423. The highest BCUT2D eigenvalue weighted by molar-refractivity contribution is 6.00. The molecule has 0 radical (unpaired) electrons. The van der Waals surface area contributed by atoms with Crippen LogP contribution in [-0.4, -0.2) is 32.6 Å². The van der Waals surface area contributed by atoms with E-state index < -0.39 is 0 Å². The Morgan fingerprint density at radius 2 is 1.61 bits per heavy atom. The van der Waals surface area contributed by atoms with Gasteiger partial charge in [0.25, 0.3) is 0 Å². The van der Waals surface area contributed by atoms with Crippen molar-refractivity contribution < 1.29 is 19.0 Å². The summed E-state index contributed by atoms with van der Waals surface area (Å²) in [5.74, 6) is 2.67. The van der Waals surface area contributed by atoms with Gasteiger partial charge in [-0.2, -0.15) is 0 Å². The maximum atomic E-state index is 6.04. The number of ether oxygens (including phenoxy) is 3. The normalized spacial score (nSPS) is 11.6. The molecule has 0 N–H and O–H groups in total. The maximum Gasteiger partial charge on any atom is 0.125 e. The van der Waals surface area contributed by atoms with E-state index in [0.717, 1.165) is 57.2 Å². The number of hydrogen-bond donors (Lipinski definition) is 0. The van der Waals surface area contributed by atoms with Crippen LogP contribution in [0.5, 0.6) is 17.2 Å². The molecular formula is C26H35NO4. The highest BCUT2D eigenvalue weighted by atomic mass is 16.6. The molecule has 5 heteroatoms. The van der Waals surface area contributed by atoms with Crippen LogP contribution in [0.3, 0.4) is 0 Å². The van der Waals surface area contributed by atoms with Crippen molar-refractivity contribution in [1.29, 1.82) is 0 Å². The molecule has 2 aromatic rings. The summed E-state index contributed by atoms with van der Waals surface area (Å²) in [5.41, 5.74) is 6.34. The standard InChI is InChI=1S/C26H35NO4/c1-8-9-13-29-23-16-18(2)26(19(3)17-23)31-15-10-14-30-25-12-11-24(20(4)21(25)5)22(6)27-28-7/h8-9,11-12,16-17H,10,13-15H2,1-7H3/b9-8+,27-22+. The zero-order valence-electron chi connectivity index (χ0n) is 19.9. The quantitative estimate of drug-likeness (QED) is 0.189. The van der Waals surface area contributed by atoms with Crippen molar-refractivity contribution in [2.24, 2.45) is 5.16 Å². The van der Waals surface area contributed by atoms with Crippen LogP contribution in [0.15, 0.2) is 41.6 Å². The average Bonchev–Trinajstić information content (AvgIpc) is 2.72. The first-order valence-corrected chi connectivity index (χ1v) is 10.7. The summed E-state index contributed by atoms with van der Waals surface area (Å²) in [6.07, 6.45) is 4.76. The number of nitrogens with zero attached hydrogens (tertiary/aromatic N) is 1. The van der Waals surface area contributed by atoms with E-state index in [1.54, 1.807) is 7.11 Å². The lowest BCUT2D eigenvalue weighted by Gasteiger charge is -2.16. The molecule has 0 amide bonds. The van der Waals surface area contributed by atoms with Gasteiger partial charge in [0.05, 0.1) is 18.9 Å². The minimum absolute atomic E-state index is 0.575. The minimum Gasteiger partial charge on any atom is -0.493 e. The molecule has 0 spiro atoms. The lowest BCUT2D eigenvalue weighted by atomic mass is 9.99. The monoisotopic (exact) mass is 425 g/mol. The smallest absolute Gasteiger partial charge is 0.125 e. The van der Waals surface area contributed by atoms with E-state index in [0.29, 0.717) is 19.8 Å². The minimum atomic E-state index is 0.575. The summed E-state index contributed by atoms with van der Waals surface area (Å²) in [6.45, 7) is 13.9. The highest BCUT2D eigenvalue weighted by Crippen LogP contribution is 2.29. The largest absolute Gasteiger partial charge is 0.493 e. The Balaban J connectivity index is 1.88. The van der Waals surface area contributed by atoms with Crippen molar-refractivity contribution in [3.63, 3.8) is 0 Å². The van der Waals surface area contributed by atoms with E-state index in [1.165, 1.54) is 0 Å². The summed E-state index contributed by atoms with van der Waals surface area (Å²) in [4.78, 5) is 4.89. The number of rotatable bonds is 11. The molecule has 0 aliphatic heterocycles. The Hall–Kier alpha value is -2.95. The molecule has 168 valence electrons. The predicted octanol–water partition coefficient (Wildman–Crippen LogP) is 6.09. The van der Waals surface area contributed by atoms with E-state index in [2.05, 4.69) is 19.0 Å². The predicted molar refractivity (Wildman–Crippen MR) is 127 cm³/mol. The molecule has 0 saturated heterocycles. The first-order valence-electron chi connectivity index (χ1n) is 10.7. The molecule has 2 rings (SSSR count). The van der Waals surface area contributed by atoms with Crippen molar-refractivity contribution in [2.45, 2.75) is 48.0 Å². The van der Waals surface area contributed by atoms with E-state index in [1.807, 2.05) is 64.1 Å². The molecule has 0 fully saturated rings. The van der Waals surface area contributed by atoms with Gasteiger partial charge >= 0.3 is 0 Å². The molecule has 31 heavy (non-hydrogen) atoms. The number of hydrogen-bond acceptors (Lipinski definition) is 5. The first-order chi connectivity index (χ1) is 14.9. The van der Waals surface area contributed by atoms with Crippen molar-refractivity contribution >= 4 is 5.71 Å². The Labute approximate surface area is 186 Å². The summed E-state index contributed by atoms with van der Waals surface area (Å²) >= 11 is 0. The lowest BCUT2D eigenvalue weighted by molar-refractivity contribution is 0.213. The van der Waals surface area contributed by atoms with E-state index in [4.69, 9.17) is 19.0 Å². The van der Waals surface area contributed by atoms with Crippen LogP contribution in [0.1, 0.15) is 48.1 Å². The maximum absolute atomic E-state index is 6.04. The molecule has 0 aliphatic carbocycles. The van der Waals surface area contributed by atoms with Gasteiger partial charge in [-0.3, -0.25) is 0 Å². The van der Waals surface area contributed by atoms with Gasteiger partial charge < -0.3 is 19.0 Å². The van der Waals surface area contributed by atoms with E-state index in [-0.39, 0.29) is 0 Å². The second kappa shape index (κ2) is 12.0. The molecule has 0 heterocycles. The Bertz CT molecular complexity index is 908. The highest BCUT2D eigenvalue weighted by Gasteiger charge is 2.11. The summed E-state index contributed by atoms with van der Waals surface area (Å²) in [5, 5.41) is 4.03. The Kier molecular flexibility index (Phi) is 9.44. The molecule has 0 aliphatic rings. The van der Waals surface area contributed by atoms with Crippen LogP contribution in [-0.2, 0) is 4.84 Å². The lowest BCUT2D eigenvalue weighted by Crippen LogP contribution is -2.08. The second-order valence-corrected chi connectivity index (χ2v) is 7.54. The van der Waals surface area contributed by atoms with Crippen molar-refractivity contribution in [3.05, 3.63) is 64.2 Å². The Morgan fingerprint density at radius 1 is 0.935 bits per heavy atom. The van der Waals surface area contributed by atoms with Gasteiger partial charge in [-0.15, -0.1) is 0 Å². The first kappa shape index (κ1) is 24.3. The average molecular weight is 426 g/mol. The van der Waals surface area contributed by atoms with Crippen molar-refractivity contribution in [1.82, 2.24) is 0 Å². The summed E-state index contributed by atoms with van der Waals surface area (Å²) in [7, 11) is 1.56. The molecule has 0 unspecified atom stereocenters. The van der Waals surface area contributed by atoms with Gasteiger partial charge in [0.15, 0.2) is 0 Å². The topological polar surface area (TPSA) is 49.3 Å². The molecule has 0 aromatic heterocycles. The SMILES string of the molecule is C/C=C/COc1cc(C)c(OCCCOc2ccc(/C(C)=N/OC)c(C)c2C)c(C)c1.